The quantitative estimate of drug-likeness (QED) is 0.646. The molecule has 7 heteroatoms. The maximum Gasteiger partial charge on any atom is 0.266 e. The summed E-state index contributed by atoms with van der Waals surface area (Å²) in [6.07, 6.45) is 1.49. The Morgan fingerprint density at radius 3 is 2.39 bits per heavy atom. The highest BCUT2D eigenvalue weighted by atomic mass is 35.5. The monoisotopic (exact) mass is 389 g/mol. The third kappa shape index (κ3) is 3.83. The summed E-state index contributed by atoms with van der Waals surface area (Å²) in [7, 11) is -3.91. The molecule has 0 bridgehead atoms. The molecule has 0 aliphatic carbocycles. The van der Waals surface area contributed by atoms with E-state index in [2.05, 4.69) is 6.58 Å². The van der Waals surface area contributed by atoms with Crippen molar-refractivity contribution in [2.24, 2.45) is 0 Å². The number of aryl methyl sites for hydroxylation is 1. The number of halogens is 3. The van der Waals surface area contributed by atoms with Gasteiger partial charge in [-0.15, -0.1) is 6.58 Å². The van der Waals surface area contributed by atoms with Gasteiger partial charge in [0, 0.05) is 10.0 Å². The molecule has 0 N–H and O–H groups in total. The molecule has 2 rings (SSSR count). The Balaban J connectivity index is 2.61. The van der Waals surface area contributed by atoms with E-state index < -0.39 is 10.0 Å². The summed E-state index contributed by atoms with van der Waals surface area (Å²) < 4.78 is 27.2. The molecule has 0 unspecified atom stereocenters. The highest BCUT2D eigenvalue weighted by Crippen LogP contribution is 2.32. The topological polar surface area (TPSA) is 37.4 Å². The van der Waals surface area contributed by atoms with Crippen LogP contribution in [0.2, 0.25) is 15.1 Å². The van der Waals surface area contributed by atoms with Crippen molar-refractivity contribution in [1.82, 2.24) is 0 Å². The molecular formula is C16H14Cl3NO2S. The predicted octanol–water partition coefficient (Wildman–Crippen LogP) is 5.34. The average Bonchev–Trinajstić information content (AvgIpc) is 2.50. The Kier molecular flexibility index (Phi) is 5.63. The Morgan fingerprint density at radius 2 is 1.78 bits per heavy atom. The van der Waals surface area contributed by atoms with Crippen LogP contribution >= 0.6 is 34.8 Å². The summed E-state index contributed by atoms with van der Waals surface area (Å²) in [5, 5.41) is 0.860. The van der Waals surface area contributed by atoms with E-state index in [9.17, 15) is 8.42 Å². The zero-order valence-corrected chi connectivity index (χ0v) is 15.3. The average molecular weight is 391 g/mol. The van der Waals surface area contributed by atoms with Crippen molar-refractivity contribution in [1.29, 1.82) is 0 Å². The van der Waals surface area contributed by atoms with Crippen LogP contribution in [0.15, 0.2) is 53.9 Å². The van der Waals surface area contributed by atoms with Crippen LogP contribution in [-0.4, -0.2) is 15.0 Å². The number of benzene rings is 2. The summed E-state index contributed by atoms with van der Waals surface area (Å²) in [6, 6.07) is 9.33. The summed E-state index contributed by atoms with van der Waals surface area (Å²) in [5.74, 6) is 0. The van der Waals surface area contributed by atoms with Gasteiger partial charge in [-0.1, -0.05) is 46.9 Å². The lowest BCUT2D eigenvalue weighted by atomic mass is 10.2. The van der Waals surface area contributed by atoms with Crippen LogP contribution in [0.3, 0.4) is 0 Å². The summed E-state index contributed by atoms with van der Waals surface area (Å²) in [5.41, 5.74) is 1.28. The van der Waals surface area contributed by atoms with Gasteiger partial charge < -0.3 is 0 Å². The van der Waals surface area contributed by atoms with Gasteiger partial charge in [-0.2, -0.15) is 0 Å². The minimum Gasteiger partial charge on any atom is -0.262 e. The van der Waals surface area contributed by atoms with Crippen molar-refractivity contribution in [3.63, 3.8) is 0 Å². The molecule has 0 aliphatic rings. The fraction of sp³-hybridized carbons (Fsp3) is 0.125. The maximum atomic E-state index is 13.0. The van der Waals surface area contributed by atoms with E-state index in [1.165, 1.54) is 28.6 Å². The van der Waals surface area contributed by atoms with Crippen LogP contribution in [0.25, 0.3) is 0 Å². The molecule has 2 aromatic rings. The van der Waals surface area contributed by atoms with Gasteiger partial charge in [0.1, 0.15) is 4.90 Å². The van der Waals surface area contributed by atoms with Gasteiger partial charge >= 0.3 is 0 Å². The first-order chi connectivity index (χ1) is 10.8. The van der Waals surface area contributed by atoms with Crippen molar-refractivity contribution >= 4 is 50.5 Å². The SMILES string of the molecule is C=CCN(c1ccc(C)c(Cl)c1)S(=O)(=O)c1cc(Cl)ccc1Cl. The standard InChI is InChI=1S/C16H14Cl3NO2S/c1-3-8-20(13-6-4-11(2)15(19)10-13)23(21,22)16-9-12(17)5-7-14(16)18/h3-7,9-10H,1,8H2,2H3. The minimum atomic E-state index is -3.91. The zero-order valence-electron chi connectivity index (χ0n) is 12.3. The van der Waals surface area contributed by atoms with E-state index in [1.807, 2.05) is 6.92 Å². The number of anilines is 1. The predicted molar refractivity (Wildman–Crippen MR) is 97.4 cm³/mol. The van der Waals surface area contributed by atoms with Gasteiger partial charge in [-0.3, -0.25) is 4.31 Å². The number of hydrogen-bond donors (Lipinski definition) is 0. The van der Waals surface area contributed by atoms with Crippen LogP contribution in [0.5, 0.6) is 0 Å². The minimum absolute atomic E-state index is 0.0646. The maximum absolute atomic E-state index is 13.0. The highest BCUT2D eigenvalue weighted by Gasteiger charge is 2.27. The van der Waals surface area contributed by atoms with Gasteiger partial charge in [0.15, 0.2) is 0 Å². The summed E-state index contributed by atoms with van der Waals surface area (Å²) in [4.78, 5) is -0.0646. The van der Waals surface area contributed by atoms with E-state index in [1.54, 1.807) is 18.2 Å². The van der Waals surface area contributed by atoms with Gasteiger partial charge in [-0.25, -0.2) is 8.42 Å². The van der Waals surface area contributed by atoms with Crippen molar-refractivity contribution in [2.75, 3.05) is 10.8 Å². The van der Waals surface area contributed by atoms with Crippen LogP contribution in [0.1, 0.15) is 5.56 Å². The molecular weight excluding hydrogens is 377 g/mol. The molecule has 0 amide bonds. The van der Waals surface area contributed by atoms with E-state index in [4.69, 9.17) is 34.8 Å². The molecule has 2 aromatic carbocycles. The normalized spacial score (nSPS) is 11.3. The van der Waals surface area contributed by atoms with Gasteiger partial charge in [-0.05, 0) is 42.8 Å². The second-order valence-electron chi connectivity index (χ2n) is 4.83. The van der Waals surface area contributed by atoms with Crippen LogP contribution in [-0.2, 0) is 10.0 Å². The van der Waals surface area contributed by atoms with E-state index in [0.29, 0.717) is 10.7 Å². The van der Waals surface area contributed by atoms with Crippen LogP contribution < -0.4 is 4.31 Å². The third-order valence-electron chi connectivity index (χ3n) is 3.20. The Bertz CT molecular complexity index is 850. The van der Waals surface area contributed by atoms with Gasteiger partial charge in [0.2, 0.25) is 0 Å². The van der Waals surface area contributed by atoms with Gasteiger partial charge in [0.05, 0.1) is 17.3 Å². The molecule has 0 radical (unpaired) electrons. The molecule has 0 aromatic heterocycles. The van der Waals surface area contributed by atoms with Crippen LogP contribution in [0.4, 0.5) is 5.69 Å². The second kappa shape index (κ2) is 7.14. The number of hydrogen-bond acceptors (Lipinski definition) is 2. The first-order valence-electron chi connectivity index (χ1n) is 6.62. The van der Waals surface area contributed by atoms with Crippen molar-refractivity contribution < 1.29 is 8.42 Å². The summed E-state index contributed by atoms with van der Waals surface area (Å²) in [6.45, 7) is 5.53. The molecule has 0 saturated heterocycles. The molecule has 0 fully saturated rings. The smallest absolute Gasteiger partial charge is 0.262 e. The number of rotatable bonds is 5. The fourth-order valence-electron chi connectivity index (χ4n) is 1.99. The van der Waals surface area contributed by atoms with Crippen LogP contribution in [0, 0.1) is 6.92 Å². The highest BCUT2D eigenvalue weighted by molar-refractivity contribution is 7.93. The first-order valence-corrected chi connectivity index (χ1v) is 9.19. The molecule has 3 nitrogen and oxygen atoms in total. The Labute approximate surface area is 151 Å². The fourth-order valence-corrected chi connectivity index (χ4v) is 4.33. The van der Waals surface area contributed by atoms with E-state index >= 15 is 0 Å². The lowest BCUT2D eigenvalue weighted by molar-refractivity contribution is 0.593. The zero-order chi connectivity index (χ0) is 17.2. The van der Waals surface area contributed by atoms with Gasteiger partial charge in [0.25, 0.3) is 10.0 Å². The molecule has 0 saturated carbocycles. The first kappa shape index (κ1) is 18.1. The van der Waals surface area contributed by atoms with Crippen molar-refractivity contribution in [3.05, 3.63) is 69.7 Å². The largest absolute Gasteiger partial charge is 0.266 e. The number of sulfonamides is 1. The molecule has 122 valence electrons. The van der Waals surface area contributed by atoms with E-state index in [0.717, 1.165) is 5.56 Å². The van der Waals surface area contributed by atoms with Crippen molar-refractivity contribution in [3.8, 4) is 0 Å². The summed E-state index contributed by atoms with van der Waals surface area (Å²) >= 11 is 18.1. The lowest BCUT2D eigenvalue weighted by Crippen LogP contribution is -2.31. The lowest BCUT2D eigenvalue weighted by Gasteiger charge is -2.24. The molecule has 0 aliphatic heterocycles. The third-order valence-corrected chi connectivity index (χ3v) is 6.12. The Hall–Kier alpha value is -1.20. The number of nitrogens with zero attached hydrogens (tertiary/aromatic N) is 1. The van der Waals surface area contributed by atoms with E-state index in [-0.39, 0.29) is 21.5 Å². The van der Waals surface area contributed by atoms with Crippen molar-refractivity contribution in [2.45, 2.75) is 11.8 Å². The molecule has 0 spiro atoms. The molecule has 0 atom stereocenters. The molecule has 0 heterocycles. The second-order valence-corrected chi connectivity index (χ2v) is 7.91. The molecule has 23 heavy (non-hydrogen) atoms. The Morgan fingerprint density at radius 1 is 1.09 bits per heavy atom.